The molecule has 0 heteroatoms. The summed E-state index contributed by atoms with van der Waals surface area (Å²) in [6.45, 7) is 9.31. The summed E-state index contributed by atoms with van der Waals surface area (Å²) in [7, 11) is 0. The highest BCUT2D eigenvalue weighted by molar-refractivity contribution is 5.45. The number of allylic oxidation sites excluding steroid dienone is 8. The Morgan fingerprint density at radius 3 is 2.47 bits per heavy atom. The maximum Gasteiger partial charge on any atom is -0.0135 e. The fourth-order valence-corrected chi connectivity index (χ4v) is 2.82. The third kappa shape index (κ3) is 4.23. The lowest BCUT2D eigenvalue weighted by Gasteiger charge is -2.33. The molecule has 0 aromatic carbocycles. The van der Waals surface area contributed by atoms with Crippen LogP contribution in [0.1, 0.15) is 60.8 Å². The second-order valence-corrected chi connectivity index (χ2v) is 6.81. The highest BCUT2D eigenvalue weighted by Gasteiger charge is 2.26. The van der Waals surface area contributed by atoms with Gasteiger partial charge in [0.05, 0.1) is 0 Å². The van der Waals surface area contributed by atoms with Crippen LogP contribution in [0.5, 0.6) is 0 Å². The van der Waals surface area contributed by atoms with Gasteiger partial charge in [0.25, 0.3) is 0 Å². The normalized spacial score (nSPS) is 23.8. The highest BCUT2D eigenvalue weighted by atomic mass is 14.3. The van der Waals surface area contributed by atoms with Crippen LogP contribution in [0.4, 0.5) is 0 Å². The topological polar surface area (TPSA) is 0 Å². The minimum Gasteiger partial charge on any atom is -0.0804 e. The Morgan fingerprint density at radius 2 is 1.89 bits per heavy atom. The first-order chi connectivity index (χ1) is 8.47. The van der Waals surface area contributed by atoms with Crippen molar-refractivity contribution in [3.05, 3.63) is 47.1 Å². The molecule has 1 atom stereocenters. The molecule has 19 heavy (non-hydrogen) atoms. The summed E-state index contributed by atoms with van der Waals surface area (Å²) in [6, 6.07) is 0. The first-order valence-corrected chi connectivity index (χ1v) is 7.20. The Hall–Kier alpha value is -1.04. The number of rotatable bonds is 1. The third-order valence-corrected chi connectivity index (χ3v) is 4.29. The number of hydrogen-bond acceptors (Lipinski definition) is 0. The molecule has 106 valence electrons. The van der Waals surface area contributed by atoms with Gasteiger partial charge in [-0.25, -0.2) is 0 Å². The number of hydrogen-bond donors (Lipinski definition) is 0. The molecule has 0 aromatic heterocycles. The lowest BCUT2D eigenvalue weighted by atomic mass is 9.72. The van der Waals surface area contributed by atoms with E-state index in [1.807, 2.05) is 0 Å². The van der Waals surface area contributed by atoms with Crippen LogP contribution in [-0.2, 0) is 0 Å². The second-order valence-electron chi connectivity index (χ2n) is 6.81. The summed E-state index contributed by atoms with van der Waals surface area (Å²) in [5.41, 5.74) is 4.88. The lowest BCUT2D eigenvalue weighted by Crippen LogP contribution is -2.22. The monoisotopic (exact) mass is 258 g/mol. The molecular formula is C19H30. The van der Waals surface area contributed by atoms with E-state index in [1.165, 1.54) is 30.4 Å². The van der Waals surface area contributed by atoms with E-state index in [0.717, 1.165) is 12.3 Å². The summed E-state index contributed by atoms with van der Waals surface area (Å²) in [5.74, 6) is 0.842. The molecule has 0 saturated heterocycles. The van der Waals surface area contributed by atoms with Gasteiger partial charge in [-0.15, -0.1) is 0 Å². The van der Waals surface area contributed by atoms with Crippen molar-refractivity contribution in [1.82, 2.24) is 0 Å². The maximum absolute atomic E-state index is 2.48. The lowest BCUT2D eigenvalue weighted by molar-refractivity contribution is 0.221. The van der Waals surface area contributed by atoms with Gasteiger partial charge in [0.1, 0.15) is 0 Å². The molecule has 0 radical (unpaired) electrons. The molecule has 0 N–H and O–H groups in total. The smallest absolute Gasteiger partial charge is 0.0135 e. The van der Waals surface area contributed by atoms with Gasteiger partial charge in [-0.2, -0.15) is 0 Å². The van der Waals surface area contributed by atoms with Gasteiger partial charge in [-0.05, 0) is 55.1 Å². The Labute approximate surface area is 120 Å². The Morgan fingerprint density at radius 1 is 1.16 bits per heavy atom. The van der Waals surface area contributed by atoms with Gasteiger partial charge >= 0.3 is 0 Å². The molecule has 0 saturated carbocycles. The van der Waals surface area contributed by atoms with Crippen molar-refractivity contribution in [3.63, 3.8) is 0 Å². The third-order valence-electron chi connectivity index (χ3n) is 4.29. The van der Waals surface area contributed by atoms with Gasteiger partial charge in [-0.3, -0.25) is 0 Å². The van der Waals surface area contributed by atoms with Gasteiger partial charge < -0.3 is 0 Å². The molecule has 2 rings (SSSR count). The first kappa shape index (κ1) is 16.0. The predicted octanol–water partition coefficient (Wildman–Crippen LogP) is 6.23. The molecule has 0 fully saturated rings. The van der Waals surface area contributed by atoms with Crippen molar-refractivity contribution in [2.45, 2.75) is 60.8 Å². The second kappa shape index (κ2) is 6.41. The molecule has 0 heterocycles. The largest absolute Gasteiger partial charge is 0.0804 e. The fourth-order valence-electron chi connectivity index (χ4n) is 2.82. The molecule has 0 bridgehead atoms. The van der Waals surface area contributed by atoms with Crippen LogP contribution in [0.3, 0.4) is 0 Å². The van der Waals surface area contributed by atoms with Crippen LogP contribution < -0.4 is 0 Å². The molecular weight excluding hydrogens is 228 g/mol. The van der Waals surface area contributed by atoms with Gasteiger partial charge in [0, 0.05) is 0 Å². The van der Waals surface area contributed by atoms with E-state index in [4.69, 9.17) is 0 Å². The summed E-state index contributed by atoms with van der Waals surface area (Å²) in [6.07, 6.45) is 16.6. The molecule has 1 unspecified atom stereocenters. The Balaban J connectivity index is 0.00000180. The SMILES string of the molecule is C.CC1=CC=C(C2=CCC(C(C)(C)C)CC2)C=CC1. The first-order valence-electron chi connectivity index (χ1n) is 7.20. The average molecular weight is 258 g/mol. The van der Waals surface area contributed by atoms with E-state index in [9.17, 15) is 0 Å². The van der Waals surface area contributed by atoms with Crippen molar-refractivity contribution in [2.24, 2.45) is 11.3 Å². The van der Waals surface area contributed by atoms with Crippen LogP contribution in [0, 0.1) is 11.3 Å². The van der Waals surface area contributed by atoms with Crippen molar-refractivity contribution in [3.8, 4) is 0 Å². The maximum atomic E-state index is 2.48. The Kier molecular flexibility index (Phi) is 5.40. The minimum atomic E-state index is 0. The van der Waals surface area contributed by atoms with Gasteiger partial charge in [-0.1, -0.05) is 64.2 Å². The zero-order chi connectivity index (χ0) is 13.2. The van der Waals surface area contributed by atoms with Crippen LogP contribution in [0.15, 0.2) is 47.1 Å². The van der Waals surface area contributed by atoms with Gasteiger partial charge in [0.15, 0.2) is 0 Å². The van der Waals surface area contributed by atoms with Crippen LogP contribution in [-0.4, -0.2) is 0 Å². The van der Waals surface area contributed by atoms with E-state index in [1.54, 1.807) is 5.57 Å². The molecule has 0 spiro atoms. The van der Waals surface area contributed by atoms with Crippen molar-refractivity contribution in [1.29, 1.82) is 0 Å². The summed E-state index contributed by atoms with van der Waals surface area (Å²) in [5, 5.41) is 0. The van der Waals surface area contributed by atoms with Crippen molar-refractivity contribution in [2.75, 3.05) is 0 Å². The molecule has 0 nitrogen and oxygen atoms in total. The molecule has 2 aliphatic carbocycles. The average Bonchev–Trinajstić information content (AvgIpc) is 2.53. The zero-order valence-electron chi connectivity index (χ0n) is 12.3. The molecule has 0 aliphatic heterocycles. The van der Waals surface area contributed by atoms with E-state index in [0.29, 0.717) is 5.41 Å². The Bertz CT molecular complexity index is 421. The zero-order valence-corrected chi connectivity index (χ0v) is 12.3. The summed E-state index contributed by atoms with van der Waals surface area (Å²) >= 11 is 0. The summed E-state index contributed by atoms with van der Waals surface area (Å²) in [4.78, 5) is 0. The summed E-state index contributed by atoms with van der Waals surface area (Å²) < 4.78 is 0. The fraction of sp³-hybridized carbons (Fsp3) is 0.579. The quantitative estimate of drug-likeness (QED) is 0.523. The van der Waals surface area contributed by atoms with Crippen LogP contribution >= 0.6 is 0 Å². The van der Waals surface area contributed by atoms with Crippen LogP contribution in [0.2, 0.25) is 0 Å². The highest BCUT2D eigenvalue weighted by Crippen LogP contribution is 2.39. The molecule has 0 amide bonds. The van der Waals surface area contributed by atoms with E-state index < -0.39 is 0 Å². The molecule has 0 aromatic rings. The van der Waals surface area contributed by atoms with E-state index in [-0.39, 0.29) is 7.43 Å². The van der Waals surface area contributed by atoms with E-state index in [2.05, 4.69) is 58.1 Å². The van der Waals surface area contributed by atoms with E-state index >= 15 is 0 Å². The van der Waals surface area contributed by atoms with Crippen LogP contribution in [0.25, 0.3) is 0 Å². The standard InChI is InChI=1S/C18H26.CH4/c1-14-6-5-7-15(9-8-14)16-10-12-17(13-11-16)18(2,3)4;/h5,7-10,17H,6,11-13H2,1-4H3;1H4. The van der Waals surface area contributed by atoms with Crippen molar-refractivity contribution < 1.29 is 0 Å². The van der Waals surface area contributed by atoms with Crippen molar-refractivity contribution >= 4 is 0 Å². The predicted molar refractivity (Wildman–Crippen MR) is 87.2 cm³/mol. The molecule has 2 aliphatic rings. The minimum absolute atomic E-state index is 0. The van der Waals surface area contributed by atoms with Gasteiger partial charge in [0.2, 0.25) is 0 Å².